The first-order valence-corrected chi connectivity index (χ1v) is 7.80. The molecule has 3 rings (SSSR count). The van der Waals surface area contributed by atoms with Crippen LogP contribution in [0.2, 0.25) is 0 Å². The molecule has 2 N–H and O–H groups in total. The number of aromatic nitrogens is 1. The highest BCUT2D eigenvalue weighted by Gasteiger charge is 2.15. The van der Waals surface area contributed by atoms with Gasteiger partial charge in [0.1, 0.15) is 12.4 Å². The molecular formula is C17H23N3O2. The molecule has 0 unspecified atom stereocenters. The molecule has 0 amide bonds. The summed E-state index contributed by atoms with van der Waals surface area (Å²) < 4.78 is 11.0. The first-order chi connectivity index (χ1) is 10.7. The standard InChI is InChI=1S/C17H23N3O2/c1-21-17-5-3-13-2-4-15(12-16(13)19-17)22-11-10-20-8-6-14(18)7-9-20/h2-5,12,14H,6-11,18H2,1H3. The van der Waals surface area contributed by atoms with Gasteiger partial charge in [0.05, 0.1) is 12.6 Å². The molecule has 5 heteroatoms. The van der Waals surface area contributed by atoms with Crippen LogP contribution in [0.15, 0.2) is 30.3 Å². The molecule has 22 heavy (non-hydrogen) atoms. The lowest BCUT2D eigenvalue weighted by Gasteiger charge is -2.29. The van der Waals surface area contributed by atoms with Gasteiger partial charge in [0.15, 0.2) is 0 Å². The van der Waals surface area contributed by atoms with Gasteiger partial charge in [-0.1, -0.05) is 0 Å². The van der Waals surface area contributed by atoms with Crippen LogP contribution in [0.5, 0.6) is 11.6 Å². The summed E-state index contributed by atoms with van der Waals surface area (Å²) in [6.45, 7) is 3.77. The molecule has 0 spiro atoms. The number of nitrogens with zero attached hydrogens (tertiary/aromatic N) is 2. The predicted octanol–water partition coefficient (Wildman–Crippen LogP) is 2.05. The molecule has 1 saturated heterocycles. The van der Waals surface area contributed by atoms with Crippen LogP contribution in [0.25, 0.3) is 10.9 Å². The van der Waals surface area contributed by atoms with E-state index >= 15 is 0 Å². The van der Waals surface area contributed by atoms with Gasteiger partial charge in [-0.15, -0.1) is 0 Å². The Balaban J connectivity index is 1.57. The number of hydrogen-bond donors (Lipinski definition) is 1. The van der Waals surface area contributed by atoms with E-state index in [2.05, 4.69) is 9.88 Å². The molecule has 1 fully saturated rings. The topological polar surface area (TPSA) is 60.6 Å². The van der Waals surface area contributed by atoms with Crippen LogP contribution < -0.4 is 15.2 Å². The molecule has 5 nitrogen and oxygen atoms in total. The summed E-state index contributed by atoms with van der Waals surface area (Å²) in [6, 6.07) is 10.2. The van der Waals surface area contributed by atoms with Gasteiger partial charge in [0.2, 0.25) is 5.88 Å². The third-order valence-electron chi connectivity index (χ3n) is 4.16. The smallest absolute Gasteiger partial charge is 0.213 e. The van der Waals surface area contributed by atoms with Crippen molar-refractivity contribution in [3.63, 3.8) is 0 Å². The molecule has 1 aliphatic rings. The first-order valence-electron chi connectivity index (χ1n) is 7.80. The molecule has 0 saturated carbocycles. The predicted molar refractivity (Wildman–Crippen MR) is 87.4 cm³/mol. The quantitative estimate of drug-likeness (QED) is 0.916. The minimum absolute atomic E-state index is 0.374. The van der Waals surface area contributed by atoms with E-state index in [1.807, 2.05) is 30.3 Å². The maximum Gasteiger partial charge on any atom is 0.213 e. The molecule has 0 atom stereocenters. The monoisotopic (exact) mass is 301 g/mol. The van der Waals surface area contributed by atoms with Crippen LogP contribution in [0.4, 0.5) is 0 Å². The fourth-order valence-corrected chi connectivity index (χ4v) is 2.75. The third kappa shape index (κ3) is 3.67. The van der Waals surface area contributed by atoms with Crippen molar-refractivity contribution in [2.75, 3.05) is 33.4 Å². The van der Waals surface area contributed by atoms with Crippen molar-refractivity contribution >= 4 is 10.9 Å². The Morgan fingerprint density at radius 3 is 2.77 bits per heavy atom. The van der Waals surface area contributed by atoms with Crippen LogP contribution in [0.1, 0.15) is 12.8 Å². The molecule has 2 heterocycles. The van der Waals surface area contributed by atoms with Crippen LogP contribution >= 0.6 is 0 Å². The normalized spacial score (nSPS) is 16.8. The van der Waals surface area contributed by atoms with E-state index in [0.717, 1.165) is 49.1 Å². The maximum absolute atomic E-state index is 5.92. The van der Waals surface area contributed by atoms with Crippen molar-refractivity contribution in [1.82, 2.24) is 9.88 Å². The third-order valence-corrected chi connectivity index (χ3v) is 4.16. The average molecular weight is 301 g/mol. The zero-order valence-electron chi connectivity index (χ0n) is 13.0. The fraction of sp³-hybridized carbons (Fsp3) is 0.471. The van der Waals surface area contributed by atoms with E-state index in [4.69, 9.17) is 15.2 Å². The zero-order valence-corrected chi connectivity index (χ0v) is 13.0. The number of piperidine rings is 1. The summed E-state index contributed by atoms with van der Waals surface area (Å²) in [5, 5.41) is 1.08. The summed E-state index contributed by atoms with van der Waals surface area (Å²) in [5.41, 5.74) is 6.81. The van der Waals surface area contributed by atoms with Crippen molar-refractivity contribution in [3.05, 3.63) is 30.3 Å². The van der Waals surface area contributed by atoms with Gasteiger partial charge in [0, 0.05) is 30.1 Å². The van der Waals surface area contributed by atoms with E-state index in [1.165, 1.54) is 0 Å². The lowest BCUT2D eigenvalue weighted by Crippen LogP contribution is -2.41. The minimum atomic E-state index is 0.374. The highest BCUT2D eigenvalue weighted by Crippen LogP contribution is 2.21. The SMILES string of the molecule is COc1ccc2ccc(OCCN3CCC(N)CC3)cc2n1. The molecule has 1 aliphatic heterocycles. The van der Waals surface area contributed by atoms with Crippen LogP contribution in [-0.4, -0.2) is 49.3 Å². The fourth-order valence-electron chi connectivity index (χ4n) is 2.75. The van der Waals surface area contributed by atoms with Crippen molar-refractivity contribution < 1.29 is 9.47 Å². The largest absolute Gasteiger partial charge is 0.492 e. The number of likely N-dealkylation sites (tertiary alicyclic amines) is 1. The van der Waals surface area contributed by atoms with Crippen molar-refractivity contribution in [2.45, 2.75) is 18.9 Å². The van der Waals surface area contributed by atoms with Gasteiger partial charge in [-0.05, 0) is 44.1 Å². The molecule has 0 aliphatic carbocycles. The average Bonchev–Trinajstić information content (AvgIpc) is 2.56. The van der Waals surface area contributed by atoms with Gasteiger partial charge in [-0.25, -0.2) is 4.98 Å². The van der Waals surface area contributed by atoms with E-state index in [9.17, 15) is 0 Å². The zero-order chi connectivity index (χ0) is 15.4. The second-order valence-electron chi connectivity index (χ2n) is 5.74. The molecule has 0 radical (unpaired) electrons. The second-order valence-corrected chi connectivity index (χ2v) is 5.74. The molecule has 1 aromatic carbocycles. The van der Waals surface area contributed by atoms with Crippen LogP contribution in [0, 0.1) is 0 Å². The summed E-state index contributed by atoms with van der Waals surface area (Å²) in [7, 11) is 1.62. The van der Waals surface area contributed by atoms with Gasteiger partial charge in [0.25, 0.3) is 0 Å². The number of methoxy groups -OCH3 is 1. The number of ether oxygens (including phenoxy) is 2. The number of fused-ring (bicyclic) bond motifs is 1. The van der Waals surface area contributed by atoms with Gasteiger partial charge < -0.3 is 15.2 Å². The van der Waals surface area contributed by atoms with Crippen LogP contribution in [0.3, 0.4) is 0 Å². The van der Waals surface area contributed by atoms with E-state index in [-0.39, 0.29) is 0 Å². The highest BCUT2D eigenvalue weighted by molar-refractivity contribution is 5.80. The summed E-state index contributed by atoms with van der Waals surface area (Å²) in [4.78, 5) is 6.84. The minimum Gasteiger partial charge on any atom is -0.492 e. The summed E-state index contributed by atoms with van der Waals surface area (Å²) in [5.74, 6) is 1.47. The number of pyridine rings is 1. The Kier molecular flexibility index (Phi) is 4.75. The van der Waals surface area contributed by atoms with Crippen molar-refractivity contribution in [3.8, 4) is 11.6 Å². The number of rotatable bonds is 5. The molecular weight excluding hydrogens is 278 g/mol. The summed E-state index contributed by atoms with van der Waals surface area (Å²) >= 11 is 0. The van der Waals surface area contributed by atoms with Crippen LogP contribution in [-0.2, 0) is 0 Å². The van der Waals surface area contributed by atoms with Gasteiger partial charge >= 0.3 is 0 Å². The number of hydrogen-bond acceptors (Lipinski definition) is 5. The Labute approximate surface area is 131 Å². The van der Waals surface area contributed by atoms with Gasteiger partial charge in [-0.3, -0.25) is 4.90 Å². The Bertz CT molecular complexity index is 624. The number of nitrogens with two attached hydrogens (primary N) is 1. The lowest BCUT2D eigenvalue weighted by molar-refractivity contribution is 0.174. The van der Waals surface area contributed by atoms with E-state index in [1.54, 1.807) is 7.11 Å². The number of benzene rings is 1. The Morgan fingerprint density at radius 1 is 1.23 bits per heavy atom. The molecule has 2 aromatic rings. The Hall–Kier alpha value is -1.85. The maximum atomic E-state index is 5.92. The molecule has 118 valence electrons. The molecule has 0 bridgehead atoms. The van der Waals surface area contributed by atoms with Crippen molar-refractivity contribution in [1.29, 1.82) is 0 Å². The Morgan fingerprint density at radius 2 is 2.00 bits per heavy atom. The highest BCUT2D eigenvalue weighted by atomic mass is 16.5. The van der Waals surface area contributed by atoms with Gasteiger partial charge in [-0.2, -0.15) is 0 Å². The van der Waals surface area contributed by atoms with Crippen molar-refractivity contribution in [2.24, 2.45) is 5.73 Å². The van der Waals surface area contributed by atoms with E-state index in [0.29, 0.717) is 18.5 Å². The second kappa shape index (κ2) is 6.94. The first kappa shape index (κ1) is 15.1. The lowest BCUT2D eigenvalue weighted by atomic mass is 10.1. The van der Waals surface area contributed by atoms with E-state index < -0.39 is 0 Å². The molecule has 1 aromatic heterocycles. The summed E-state index contributed by atoms with van der Waals surface area (Å²) in [6.07, 6.45) is 2.17.